The summed E-state index contributed by atoms with van der Waals surface area (Å²) in [6.45, 7) is 7.15. The van der Waals surface area contributed by atoms with Crippen LogP contribution in [0.4, 0.5) is 0 Å². The van der Waals surface area contributed by atoms with Crippen LogP contribution in [0.5, 0.6) is 0 Å². The van der Waals surface area contributed by atoms with E-state index in [2.05, 4.69) is 85.9 Å². The van der Waals surface area contributed by atoms with Gasteiger partial charge >= 0.3 is 5.97 Å². The van der Waals surface area contributed by atoms with Crippen molar-refractivity contribution >= 4 is 5.97 Å². The first-order chi connectivity index (χ1) is 16.0. The van der Waals surface area contributed by atoms with Crippen molar-refractivity contribution in [3.63, 3.8) is 0 Å². The van der Waals surface area contributed by atoms with E-state index in [1.165, 1.54) is 22.3 Å². The van der Waals surface area contributed by atoms with E-state index in [9.17, 15) is 4.79 Å². The van der Waals surface area contributed by atoms with Crippen LogP contribution in [-0.2, 0) is 20.9 Å². The molecule has 4 rings (SSSR count). The molecule has 0 radical (unpaired) electrons. The van der Waals surface area contributed by atoms with Gasteiger partial charge in [-0.1, -0.05) is 90.0 Å². The molecule has 0 aliphatic carbocycles. The van der Waals surface area contributed by atoms with E-state index in [1.54, 1.807) is 6.92 Å². The summed E-state index contributed by atoms with van der Waals surface area (Å²) in [5.41, 5.74) is 5.88. The number of nitrogens with one attached hydrogen (secondary N) is 1. The predicted molar refractivity (Wildman–Crippen MR) is 131 cm³/mol. The van der Waals surface area contributed by atoms with E-state index in [4.69, 9.17) is 9.47 Å². The first-order valence-corrected chi connectivity index (χ1v) is 11.7. The van der Waals surface area contributed by atoms with Gasteiger partial charge in [0.1, 0.15) is 0 Å². The molecule has 1 N–H and O–H groups in total. The van der Waals surface area contributed by atoms with Crippen LogP contribution in [0.25, 0.3) is 0 Å². The number of carbonyl (C=O) groups excluding carboxylic acids is 1. The van der Waals surface area contributed by atoms with Gasteiger partial charge in [-0.3, -0.25) is 4.79 Å². The Hall–Kier alpha value is -2.95. The molecule has 0 spiro atoms. The van der Waals surface area contributed by atoms with Crippen LogP contribution in [0.15, 0.2) is 78.9 Å². The van der Waals surface area contributed by atoms with Crippen molar-refractivity contribution in [3.8, 4) is 0 Å². The van der Waals surface area contributed by atoms with Crippen LogP contribution in [0, 0.1) is 19.8 Å². The summed E-state index contributed by atoms with van der Waals surface area (Å²) < 4.78 is 11.6. The average molecular weight is 444 g/mol. The van der Waals surface area contributed by atoms with Crippen molar-refractivity contribution < 1.29 is 14.3 Å². The van der Waals surface area contributed by atoms with Crippen molar-refractivity contribution in [2.45, 2.75) is 52.0 Å². The van der Waals surface area contributed by atoms with E-state index in [0.717, 1.165) is 18.5 Å². The lowest BCUT2D eigenvalue weighted by Crippen LogP contribution is -2.39. The van der Waals surface area contributed by atoms with Crippen molar-refractivity contribution in [1.29, 1.82) is 0 Å². The summed E-state index contributed by atoms with van der Waals surface area (Å²) in [7, 11) is 0. The minimum absolute atomic E-state index is 0.0334. The Bertz CT molecular complexity index is 991. The lowest BCUT2D eigenvalue weighted by molar-refractivity contribution is -0.182. The van der Waals surface area contributed by atoms with Crippen molar-refractivity contribution in [1.82, 2.24) is 5.32 Å². The van der Waals surface area contributed by atoms with Gasteiger partial charge in [0.05, 0.1) is 12.5 Å². The Labute approximate surface area is 196 Å². The lowest BCUT2D eigenvalue weighted by Gasteiger charge is -2.29. The topological polar surface area (TPSA) is 47.6 Å². The minimum atomic E-state index is -0.605. The van der Waals surface area contributed by atoms with E-state index in [1.807, 2.05) is 12.1 Å². The fraction of sp³-hybridized carbons (Fsp3) is 0.345. The molecule has 0 saturated carbocycles. The van der Waals surface area contributed by atoms with Crippen molar-refractivity contribution in [3.05, 3.63) is 107 Å². The molecule has 33 heavy (non-hydrogen) atoms. The van der Waals surface area contributed by atoms with Gasteiger partial charge in [0.2, 0.25) is 0 Å². The second-order valence-electron chi connectivity index (χ2n) is 8.99. The number of aryl methyl sites for hydroxylation is 2. The third-order valence-corrected chi connectivity index (χ3v) is 6.30. The predicted octanol–water partition coefficient (Wildman–Crippen LogP) is 5.52. The summed E-state index contributed by atoms with van der Waals surface area (Å²) in [6.07, 6.45) is 0.148. The van der Waals surface area contributed by atoms with Gasteiger partial charge in [-0.05, 0) is 50.4 Å². The van der Waals surface area contributed by atoms with Crippen LogP contribution in [-0.4, -0.2) is 24.8 Å². The van der Waals surface area contributed by atoms with Crippen LogP contribution < -0.4 is 5.32 Å². The molecular weight excluding hydrogens is 410 g/mol. The van der Waals surface area contributed by atoms with Crippen LogP contribution in [0.1, 0.15) is 47.1 Å². The zero-order chi connectivity index (χ0) is 23.2. The van der Waals surface area contributed by atoms with Gasteiger partial charge in [-0.15, -0.1) is 0 Å². The molecule has 0 bridgehead atoms. The summed E-state index contributed by atoms with van der Waals surface area (Å²) in [6, 6.07) is 27.1. The highest BCUT2D eigenvalue weighted by Crippen LogP contribution is 2.35. The Balaban J connectivity index is 1.45. The van der Waals surface area contributed by atoms with Crippen molar-refractivity contribution in [2.24, 2.45) is 5.92 Å². The Morgan fingerprint density at radius 2 is 1.52 bits per heavy atom. The van der Waals surface area contributed by atoms with Gasteiger partial charge in [0.25, 0.3) is 0 Å². The first kappa shape index (κ1) is 23.2. The van der Waals surface area contributed by atoms with Crippen LogP contribution in [0.3, 0.4) is 0 Å². The van der Waals surface area contributed by atoms with Gasteiger partial charge in [0.15, 0.2) is 6.29 Å². The van der Waals surface area contributed by atoms with E-state index >= 15 is 0 Å². The molecular formula is C29H33NO3. The molecule has 1 aliphatic heterocycles. The van der Waals surface area contributed by atoms with Gasteiger partial charge in [-0.25, -0.2) is 0 Å². The molecule has 3 atom stereocenters. The highest BCUT2D eigenvalue weighted by Gasteiger charge is 2.40. The number of carbonyl (C=O) groups is 1. The van der Waals surface area contributed by atoms with E-state index in [-0.39, 0.29) is 23.8 Å². The van der Waals surface area contributed by atoms with Gasteiger partial charge < -0.3 is 14.8 Å². The third-order valence-electron chi connectivity index (χ3n) is 6.30. The average Bonchev–Trinajstić information content (AvgIpc) is 3.28. The molecule has 1 unspecified atom stereocenters. The maximum Gasteiger partial charge on any atom is 0.312 e. The fourth-order valence-corrected chi connectivity index (χ4v) is 4.92. The zero-order valence-electron chi connectivity index (χ0n) is 19.7. The SMILES string of the molecule is Cc1cc(C)cc(COC(C)OC(=O)[C@@H]2CCN[C@@H]2C(c2ccccc2)c2ccccc2)c1. The zero-order valence-corrected chi connectivity index (χ0v) is 19.7. The number of rotatable bonds is 8. The molecule has 172 valence electrons. The summed E-state index contributed by atoms with van der Waals surface area (Å²) in [5.74, 6) is -0.364. The molecule has 1 heterocycles. The number of ether oxygens (including phenoxy) is 2. The molecule has 3 aromatic carbocycles. The quantitative estimate of drug-likeness (QED) is 0.368. The Morgan fingerprint density at radius 1 is 0.939 bits per heavy atom. The second kappa shape index (κ2) is 10.8. The smallest absolute Gasteiger partial charge is 0.312 e. The first-order valence-electron chi connectivity index (χ1n) is 11.7. The number of hydrogen-bond donors (Lipinski definition) is 1. The molecule has 1 fully saturated rings. The Kier molecular flexibility index (Phi) is 7.58. The number of hydrogen-bond acceptors (Lipinski definition) is 4. The van der Waals surface area contributed by atoms with Crippen molar-refractivity contribution in [2.75, 3.05) is 6.54 Å². The van der Waals surface area contributed by atoms with Crippen LogP contribution in [0.2, 0.25) is 0 Å². The summed E-state index contributed by atoms with van der Waals surface area (Å²) in [4.78, 5) is 13.2. The van der Waals surface area contributed by atoms with Gasteiger partial charge in [0, 0.05) is 12.0 Å². The fourth-order valence-electron chi connectivity index (χ4n) is 4.92. The maximum absolute atomic E-state index is 13.2. The normalized spacial score (nSPS) is 18.9. The molecule has 1 saturated heterocycles. The highest BCUT2D eigenvalue weighted by molar-refractivity contribution is 5.74. The Morgan fingerprint density at radius 3 is 2.09 bits per heavy atom. The monoisotopic (exact) mass is 443 g/mol. The standard InChI is InChI=1S/C29H33NO3/c1-20-16-21(2)18-23(17-20)19-32-22(3)33-29(31)26-14-15-30-28(26)27(24-10-6-4-7-11-24)25-12-8-5-9-13-25/h4-13,16-18,22,26-28,30H,14-15,19H2,1-3H3/t22?,26-,28+/m1/s1. The van der Waals surface area contributed by atoms with Crippen LogP contribution >= 0.6 is 0 Å². The van der Waals surface area contributed by atoms with Gasteiger partial charge in [-0.2, -0.15) is 0 Å². The van der Waals surface area contributed by atoms with E-state index < -0.39 is 6.29 Å². The molecule has 4 nitrogen and oxygen atoms in total. The molecule has 0 amide bonds. The molecule has 0 aromatic heterocycles. The molecule has 4 heteroatoms. The third kappa shape index (κ3) is 5.89. The van der Waals surface area contributed by atoms with E-state index in [0.29, 0.717) is 6.61 Å². The maximum atomic E-state index is 13.2. The number of esters is 1. The summed E-state index contributed by atoms with van der Waals surface area (Å²) in [5, 5.41) is 3.59. The minimum Gasteiger partial charge on any atom is -0.436 e. The highest BCUT2D eigenvalue weighted by atomic mass is 16.7. The molecule has 1 aliphatic rings. The summed E-state index contributed by atoms with van der Waals surface area (Å²) >= 11 is 0. The second-order valence-corrected chi connectivity index (χ2v) is 8.99. The largest absolute Gasteiger partial charge is 0.436 e. The number of benzene rings is 3. The lowest BCUT2D eigenvalue weighted by atomic mass is 9.80. The molecule has 3 aromatic rings.